The summed E-state index contributed by atoms with van der Waals surface area (Å²) in [5.41, 5.74) is 5.88. The molecule has 2 rings (SSSR count). The fourth-order valence-corrected chi connectivity index (χ4v) is 2.45. The first-order valence-corrected chi connectivity index (χ1v) is 7.18. The zero-order chi connectivity index (χ0) is 14.4. The van der Waals surface area contributed by atoms with Crippen LogP contribution in [-0.4, -0.2) is 32.2 Å². The van der Waals surface area contributed by atoms with Gasteiger partial charge >= 0.3 is 5.97 Å². The fourth-order valence-electron chi connectivity index (χ4n) is 1.67. The number of carbonyl (C=O) groups is 1. The molecule has 8 heteroatoms. The van der Waals surface area contributed by atoms with E-state index in [-0.39, 0.29) is 0 Å². The smallest absolute Gasteiger partial charge is 0.326 e. The molecule has 2 aromatic heterocycles. The molecular formula is C12H17N5O2S. The number of rotatable bonds is 8. The summed E-state index contributed by atoms with van der Waals surface area (Å²) < 4.78 is 2.04. The Hall–Kier alpha value is -1.93. The summed E-state index contributed by atoms with van der Waals surface area (Å²) in [5, 5.41) is 14.3. The van der Waals surface area contributed by atoms with E-state index < -0.39 is 12.0 Å². The van der Waals surface area contributed by atoms with Crippen molar-refractivity contribution in [2.75, 3.05) is 11.9 Å². The van der Waals surface area contributed by atoms with E-state index in [0.717, 1.165) is 25.9 Å². The van der Waals surface area contributed by atoms with Gasteiger partial charge in [-0.25, -0.2) is 9.97 Å². The second kappa shape index (κ2) is 7.01. The number of carboxylic acid groups (broad SMARTS) is 1. The molecule has 0 fully saturated rings. The van der Waals surface area contributed by atoms with Gasteiger partial charge in [0.1, 0.15) is 6.04 Å². The maximum atomic E-state index is 10.7. The lowest BCUT2D eigenvalue weighted by Crippen LogP contribution is -2.20. The fraction of sp³-hybridized carbons (Fsp3) is 0.417. The maximum Gasteiger partial charge on any atom is 0.326 e. The van der Waals surface area contributed by atoms with Gasteiger partial charge in [0.2, 0.25) is 0 Å². The summed E-state index contributed by atoms with van der Waals surface area (Å²) in [6.07, 6.45) is 7.54. The van der Waals surface area contributed by atoms with Crippen LogP contribution in [0.1, 0.15) is 24.6 Å². The number of hydrogen-bond acceptors (Lipinski definition) is 6. The number of nitrogens with two attached hydrogens (primary N) is 1. The molecule has 2 heterocycles. The average molecular weight is 295 g/mol. The SMILES string of the molecule is NC(C(=O)O)c1csc(NCCCCn2ccnc2)n1. The van der Waals surface area contributed by atoms with E-state index in [2.05, 4.69) is 15.3 Å². The van der Waals surface area contributed by atoms with Gasteiger partial charge in [-0.05, 0) is 12.8 Å². The number of aromatic nitrogens is 3. The third-order valence-electron chi connectivity index (χ3n) is 2.79. The predicted molar refractivity (Wildman–Crippen MR) is 76.6 cm³/mol. The van der Waals surface area contributed by atoms with Crippen LogP contribution in [0.3, 0.4) is 0 Å². The van der Waals surface area contributed by atoms with Crippen molar-refractivity contribution in [3.05, 3.63) is 29.8 Å². The second-order valence-corrected chi connectivity index (χ2v) is 5.19. The van der Waals surface area contributed by atoms with Crippen LogP contribution in [0.5, 0.6) is 0 Å². The van der Waals surface area contributed by atoms with Gasteiger partial charge in [-0.1, -0.05) is 0 Å². The number of anilines is 1. The normalized spacial score (nSPS) is 12.2. The van der Waals surface area contributed by atoms with Gasteiger partial charge in [-0.2, -0.15) is 0 Å². The minimum atomic E-state index is -1.07. The highest BCUT2D eigenvalue weighted by Gasteiger charge is 2.17. The number of nitrogens with zero attached hydrogens (tertiary/aromatic N) is 3. The molecule has 0 saturated heterocycles. The van der Waals surface area contributed by atoms with Crippen LogP contribution in [0, 0.1) is 0 Å². The minimum absolute atomic E-state index is 0.392. The van der Waals surface area contributed by atoms with Gasteiger partial charge in [-0.3, -0.25) is 4.79 Å². The summed E-state index contributed by atoms with van der Waals surface area (Å²) in [7, 11) is 0. The van der Waals surface area contributed by atoms with Gasteiger partial charge in [0.05, 0.1) is 12.0 Å². The van der Waals surface area contributed by atoms with Crippen molar-refractivity contribution in [1.82, 2.24) is 14.5 Å². The van der Waals surface area contributed by atoms with E-state index >= 15 is 0 Å². The lowest BCUT2D eigenvalue weighted by molar-refractivity contribution is -0.138. The van der Waals surface area contributed by atoms with Gasteiger partial charge in [-0.15, -0.1) is 11.3 Å². The summed E-state index contributed by atoms with van der Waals surface area (Å²) >= 11 is 1.37. The zero-order valence-electron chi connectivity index (χ0n) is 10.9. The first kappa shape index (κ1) is 14.5. The Bertz CT molecular complexity index is 540. The number of aryl methyl sites for hydroxylation is 1. The molecule has 1 atom stereocenters. The average Bonchev–Trinajstić information content (AvgIpc) is 3.08. The summed E-state index contributed by atoms with van der Waals surface area (Å²) in [6, 6.07) is -1.05. The summed E-state index contributed by atoms with van der Waals surface area (Å²) in [6.45, 7) is 1.73. The van der Waals surface area contributed by atoms with Gasteiger partial charge in [0.15, 0.2) is 5.13 Å². The highest BCUT2D eigenvalue weighted by atomic mass is 32.1. The van der Waals surface area contributed by atoms with E-state index in [1.807, 2.05) is 10.8 Å². The number of imidazole rings is 1. The Morgan fingerprint density at radius 3 is 3.10 bits per heavy atom. The number of hydrogen-bond donors (Lipinski definition) is 3. The molecule has 0 aromatic carbocycles. The maximum absolute atomic E-state index is 10.7. The Balaban J connectivity index is 1.68. The standard InChI is InChI=1S/C12H17N5O2S/c13-10(11(18)19)9-7-20-12(16-9)15-3-1-2-5-17-6-4-14-8-17/h4,6-8,10H,1-3,5,13H2,(H,15,16)(H,18,19). The van der Waals surface area contributed by atoms with Gasteiger partial charge < -0.3 is 20.7 Å². The molecule has 20 heavy (non-hydrogen) atoms. The van der Waals surface area contributed by atoms with Crippen LogP contribution in [0.15, 0.2) is 24.1 Å². The van der Waals surface area contributed by atoms with Gasteiger partial charge in [0, 0.05) is 30.9 Å². The van der Waals surface area contributed by atoms with Crippen molar-refractivity contribution in [3.63, 3.8) is 0 Å². The molecule has 0 aliphatic heterocycles. The minimum Gasteiger partial charge on any atom is -0.480 e. The van der Waals surface area contributed by atoms with Crippen molar-refractivity contribution >= 4 is 22.4 Å². The molecule has 108 valence electrons. The Morgan fingerprint density at radius 1 is 1.55 bits per heavy atom. The first-order chi connectivity index (χ1) is 9.66. The monoisotopic (exact) mass is 295 g/mol. The molecule has 0 radical (unpaired) electrons. The third-order valence-corrected chi connectivity index (χ3v) is 3.60. The van der Waals surface area contributed by atoms with Crippen LogP contribution in [0.4, 0.5) is 5.13 Å². The van der Waals surface area contributed by atoms with Crippen molar-refractivity contribution in [3.8, 4) is 0 Å². The summed E-state index contributed by atoms with van der Waals surface area (Å²) in [5.74, 6) is -1.07. The number of thiazole rings is 1. The quantitative estimate of drug-likeness (QED) is 0.634. The Labute approximate surface area is 120 Å². The second-order valence-electron chi connectivity index (χ2n) is 4.33. The highest BCUT2D eigenvalue weighted by Crippen LogP contribution is 2.19. The molecular weight excluding hydrogens is 278 g/mol. The Morgan fingerprint density at radius 2 is 2.40 bits per heavy atom. The van der Waals surface area contributed by atoms with E-state index in [9.17, 15) is 4.79 Å². The number of unbranched alkanes of at least 4 members (excludes halogenated alkanes) is 1. The van der Waals surface area contributed by atoms with E-state index in [1.165, 1.54) is 11.3 Å². The molecule has 0 saturated carbocycles. The molecule has 2 aromatic rings. The first-order valence-electron chi connectivity index (χ1n) is 6.30. The number of aliphatic carboxylic acids is 1. The molecule has 0 spiro atoms. The van der Waals surface area contributed by atoms with Crippen molar-refractivity contribution in [2.45, 2.75) is 25.4 Å². The predicted octanol–water partition coefficient (Wildman–Crippen LogP) is 1.32. The molecule has 0 amide bonds. The van der Waals surface area contributed by atoms with Crippen LogP contribution in [0.25, 0.3) is 0 Å². The molecule has 4 N–H and O–H groups in total. The molecule has 1 unspecified atom stereocenters. The molecule has 0 bridgehead atoms. The highest BCUT2D eigenvalue weighted by molar-refractivity contribution is 7.13. The molecule has 0 aliphatic rings. The van der Waals surface area contributed by atoms with Crippen LogP contribution < -0.4 is 11.1 Å². The lowest BCUT2D eigenvalue weighted by Gasteiger charge is -2.04. The van der Waals surface area contributed by atoms with Crippen molar-refractivity contribution in [2.24, 2.45) is 5.73 Å². The van der Waals surface area contributed by atoms with Crippen molar-refractivity contribution in [1.29, 1.82) is 0 Å². The van der Waals surface area contributed by atoms with Crippen molar-refractivity contribution < 1.29 is 9.90 Å². The van der Waals surface area contributed by atoms with Crippen LogP contribution in [0.2, 0.25) is 0 Å². The van der Waals surface area contributed by atoms with E-state index in [4.69, 9.17) is 10.8 Å². The van der Waals surface area contributed by atoms with Crippen LogP contribution in [-0.2, 0) is 11.3 Å². The van der Waals surface area contributed by atoms with Gasteiger partial charge in [0.25, 0.3) is 0 Å². The van der Waals surface area contributed by atoms with Crippen LogP contribution >= 0.6 is 11.3 Å². The largest absolute Gasteiger partial charge is 0.480 e. The number of carboxylic acids is 1. The third kappa shape index (κ3) is 4.04. The number of nitrogens with one attached hydrogen (secondary N) is 1. The summed E-state index contributed by atoms with van der Waals surface area (Å²) in [4.78, 5) is 18.9. The zero-order valence-corrected chi connectivity index (χ0v) is 11.7. The van der Waals surface area contributed by atoms with E-state index in [1.54, 1.807) is 17.9 Å². The lowest BCUT2D eigenvalue weighted by atomic mass is 10.2. The Kier molecular flexibility index (Phi) is 5.08. The van der Waals surface area contributed by atoms with E-state index in [0.29, 0.717) is 10.8 Å². The topological polar surface area (TPSA) is 106 Å². The molecule has 0 aliphatic carbocycles. The molecule has 7 nitrogen and oxygen atoms in total.